The quantitative estimate of drug-likeness (QED) is 0.828. The maximum atomic E-state index is 12.8. The van der Waals surface area contributed by atoms with Crippen molar-refractivity contribution in [3.63, 3.8) is 0 Å². The predicted molar refractivity (Wildman–Crippen MR) is 84.3 cm³/mol. The van der Waals surface area contributed by atoms with Gasteiger partial charge in [0, 0.05) is 46.0 Å². The van der Waals surface area contributed by atoms with Gasteiger partial charge in [0.05, 0.1) is 17.7 Å². The number of ether oxygens (including phenoxy) is 1. The second-order valence-corrected chi connectivity index (χ2v) is 6.46. The van der Waals surface area contributed by atoms with E-state index in [2.05, 4.69) is 16.0 Å². The SMILES string of the molecule is COCC1(C(=O)N2CCN(Cc3ccccn3)CC2)CCC1. The van der Waals surface area contributed by atoms with E-state index in [1.165, 1.54) is 0 Å². The van der Waals surface area contributed by atoms with Gasteiger partial charge in [-0.1, -0.05) is 12.5 Å². The summed E-state index contributed by atoms with van der Waals surface area (Å²) in [6, 6.07) is 6.01. The molecule has 22 heavy (non-hydrogen) atoms. The standard InChI is InChI=1S/C17H25N3O2/c1-22-14-17(6-4-7-17)16(21)20-11-9-19(10-12-20)13-15-5-2-3-8-18-15/h2-3,5,8H,4,6-7,9-14H2,1H3. The Morgan fingerprint density at radius 3 is 2.59 bits per heavy atom. The second kappa shape index (κ2) is 6.75. The number of methoxy groups -OCH3 is 1. The summed E-state index contributed by atoms with van der Waals surface area (Å²) >= 11 is 0. The highest BCUT2D eigenvalue weighted by molar-refractivity contribution is 5.84. The van der Waals surface area contributed by atoms with Gasteiger partial charge in [-0.25, -0.2) is 0 Å². The summed E-state index contributed by atoms with van der Waals surface area (Å²) in [7, 11) is 1.69. The monoisotopic (exact) mass is 303 g/mol. The van der Waals surface area contributed by atoms with Gasteiger partial charge in [-0.05, 0) is 25.0 Å². The molecule has 1 amide bonds. The minimum absolute atomic E-state index is 0.224. The van der Waals surface area contributed by atoms with Crippen molar-refractivity contribution < 1.29 is 9.53 Å². The summed E-state index contributed by atoms with van der Waals surface area (Å²) in [6.45, 7) is 4.91. The molecule has 0 N–H and O–H groups in total. The van der Waals surface area contributed by atoms with Gasteiger partial charge in [0.25, 0.3) is 0 Å². The van der Waals surface area contributed by atoms with Gasteiger partial charge < -0.3 is 9.64 Å². The van der Waals surface area contributed by atoms with E-state index in [9.17, 15) is 4.79 Å². The van der Waals surface area contributed by atoms with Crippen LogP contribution in [-0.4, -0.2) is 60.6 Å². The Kier molecular flexibility index (Phi) is 4.74. The molecule has 0 spiro atoms. The number of amides is 1. The van der Waals surface area contributed by atoms with Crippen LogP contribution in [0.2, 0.25) is 0 Å². The Labute approximate surface area is 132 Å². The first-order valence-electron chi connectivity index (χ1n) is 8.14. The first kappa shape index (κ1) is 15.4. The lowest BCUT2D eigenvalue weighted by Gasteiger charge is -2.45. The summed E-state index contributed by atoms with van der Waals surface area (Å²) < 4.78 is 5.30. The Hall–Kier alpha value is -1.46. The fourth-order valence-corrected chi connectivity index (χ4v) is 3.47. The van der Waals surface area contributed by atoms with Crippen molar-refractivity contribution in [1.82, 2.24) is 14.8 Å². The molecule has 0 atom stereocenters. The number of carbonyl (C=O) groups excluding carboxylic acids is 1. The van der Waals surface area contributed by atoms with E-state index >= 15 is 0 Å². The molecule has 0 radical (unpaired) electrons. The van der Waals surface area contributed by atoms with Crippen molar-refractivity contribution >= 4 is 5.91 Å². The van der Waals surface area contributed by atoms with Gasteiger partial charge in [-0.3, -0.25) is 14.7 Å². The molecule has 3 rings (SSSR count). The van der Waals surface area contributed by atoms with Crippen molar-refractivity contribution in [3.8, 4) is 0 Å². The highest BCUT2D eigenvalue weighted by Crippen LogP contribution is 2.42. The van der Waals surface area contributed by atoms with Crippen LogP contribution in [0.1, 0.15) is 25.0 Å². The predicted octanol–water partition coefficient (Wildman–Crippen LogP) is 1.54. The van der Waals surface area contributed by atoms with Crippen LogP contribution in [0.25, 0.3) is 0 Å². The van der Waals surface area contributed by atoms with E-state index in [4.69, 9.17) is 4.74 Å². The molecule has 1 saturated heterocycles. The topological polar surface area (TPSA) is 45.7 Å². The van der Waals surface area contributed by atoms with Crippen LogP contribution in [0.15, 0.2) is 24.4 Å². The van der Waals surface area contributed by atoms with Crippen molar-refractivity contribution in [1.29, 1.82) is 0 Å². The maximum absolute atomic E-state index is 12.8. The number of hydrogen-bond acceptors (Lipinski definition) is 4. The highest BCUT2D eigenvalue weighted by Gasteiger charge is 2.46. The zero-order chi connectivity index (χ0) is 15.4. The third kappa shape index (κ3) is 3.15. The molecule has 1 aliphatic heterocycles. The third-order valence-electron chi connectivity index (χ3n) is 4.96. The van der Waals surface area contributed by atoms with Crippen molar-refractivity contribution in [3.05, 3.63) is 30.1 Å². The molecular weight excluding hydrogens is 278 g/mol. The zero-order valence-corrected chi connectivity index (χ0v) is 13.3. The van der Waals surface area contributed by atoms with Crippen LogP contribution in [0.3, 0.4) is 0 Å². The Morgan fingerprint density at radius 2 is 2.05 bits per heavy atom. The molecule has 2 aliphatic rings. The zero-order valence-electron chi connectivity index (χ0n) is 13.3. The van der Waals surface area contributed by atoms with Gasteiger partial charge in [-0.15, -0.1) is 0 Å². The molecule has 5 heteroatoms. The van der Waals surface area contributed by atoms with Crippen LogP contribution >= 0.6 is 0 Å². The van der Waals surface area contributed by atoms with E-state index in [1.807, 2.05) is 23.2 Å². The van der Waals surface area contributed by atoms with Crippen molar-refractivity contribution in [2.45, 2.75) is 25.8 Å². The minimum atomic E-state index is -0.224. The summed E-state index contributed by atoms with van der Waals surface area (Å²) in [5.41, 5.74) is 0.870. The fraction of sp³-hybridized carbons (Fsp3) is 0.647. The normalized spacial score (nSPS) is 21.4. The highest BCUT2D eigenvalue weighted by atomic mass is 16.5. The number of hydrogen-bond donors (Lipinski definition) is 0. The number of piperazine rings is 1. The Balaban J connectivity index is 1.52. The van der Waals surface area contributed by atoms with E-state index < -0.39 is 0 Å². The van der Waals surface area contributed by atoms with Gasteiger partial charge in [-0.2, -0.15) is 0 Å². The van der Waals surface area contributed by atoms with Crippen LogP contribution in [0, 0.1) is 5.41 Å². The molecule has 2 heterocycles. The van der Waals surface area contributed by atoms with Crippen LogP contribution in [-0.2, 0) is 16.1 Å². The summed E-state index contributed by atoms with van der Waals surface area (Å²) in [5.74, 6) is 0.304. The minimum Gasteiger partial charge on any atom is -0.384 e. The molecule has 0 aromatic carbocycles. The van der Waals surface area contributed by atoms with Gasteiger partial charge in [0.2, 0.25) is 5.91 Å². The van der Waals surface area contributed by atoms with Crippen LogP contribution in [0.4, 0.5) is 0 Å². The van der Waals surface area contributed by atoms with E-state index in [-0.39, 0.29) is 5.41 Å². The molecule has 1 aromatic rings. The number of pyridine rings is 1. The molecule has 2 fully saturated rings. The van der Waals surface area contributed by atoms with Gasteiger partial charge >= 0.3 is 0 Å². The molecule has 1 saturated carbocycles. The van der Waals surface area contributed by atoms with E-state index in [0.29, 0.717) is 12.5 Å². The Bertz CT molecular complexity index is 494. The molecule has 1 aliphatic carbocycles. The second-order valence-electron chi connectivity index (χ2n) is 6.46. The smallest absolute Gasteiger partial charge is 0.231 e. The summed E-state index contributed by atoms with van der Waals surface area (Å²) in [6.07, 6.45) is 4.94. The number of nitrogens with zero attached hydrogens (tertiary/aromatic N) is 3. The fourth-order valence-electron chi connectivity index (χ4n) is 3.47. The van der Waals surface area contributed by atoms with Crippen molar-refractivity contribution in [2.75, 3.05) is 39.9 Å². The molecule has 1 aromatic heterocycles. The third-order valence-corrected chi connectivity index (χ3v) is 4.96. The van der Waals surface area contributed by atoms with Crippen molar-refractivity contribution in [2.24, 2.45) is 5.41 Å². The number of rotatable bonds is 5. The maximum Gasteiger partial charge on any atom is 0.231 e. The van der Waals surface area contributed by atoms with Gasteiger partial charge in [0.15, 0.2) is 0 Å². The van der Waals surface area contributed by atoms with E-state index in [1.54, 1.807) is 7.11 Å². The first-order valence-corrected chi connectivity index (χ1v) is 8.14. The molecule has 0 unspecified atom stereocenters. The lowest BCUT2D eigenvalue weighted by Crippen LogP contribution is -2.56. The lowest BCUT2D eigenvalue weighted by atomic mass is 9.68. The summed E-state index contributed by atoms with van der Waals surface area (Å²) in [5, 5.41) is 0. The first-order chi connectivity index (χ1) is 10.7. The Morgan fingerprint density at radius 1 is 1.27 bits per heavy atom. The average molecular weight is 303 g/mol. The molecular formula is C17H25N3O2. The van der Waals surface area contributed by atoms with Crippen LogP contribution in [0.5, 0.6) is 0 Å². The van der Waals surface area contributed by atoms with E-state index in [0.717, 1.165) is 57.7 Å². The largest absolute Gasteiger partial charge is 0.384 e. The number of aromatic nitrogens is 1. The molecule has 5 nitrogen and oxygen atoms in total. The van der Waals surface area contributed by atoms with Crippen LogP contribution < -0.4 is 0 Å². The molecule has 0 bridgehead atoms. The molecule has 120 valence electrons. The summed E-state index contributed by atoms with van der Waals surface area (Å²) in [4.78, 5) is 21.6. The average Bonchev–Trinajstić information content (AvgIpc) is 2.52. The number of carbonyl (C=O) groups is 1. The van der Waals surface area contributed by atoms with Gasteiger partial charge in [0.1, 0.15) is 0 Å². The lowest BCUT2D eigenvalue weighted by molar-refractivity contribution is -0.154.